The number of nitrogens with zero attached hydrogens (tertiary/aromatic N) is 5. The number of rotatable bonds is 11. The van der Waals surface area contributed by atoms with Crippen molar-refractivity contribution in [3.8, 4) is 22.8 Å². The number of aryl methyl sites for hydroxylation is 1. The van der Waals surface area contributed by atoms with Crippen LogP contribution in [0.15, 0.2) is 55.0 Å². The van der Waals surface area contributed by atoms with E-state index in [2.05, 4.69) is 20.3 Å². The molecule has 2 aromatic heterocycles. The fourth-order valence-corrected chi connectivity index (χ4v) is 4.17. The topological polar surface area (TPSA) is 94.4 Å². The third kappa shape index (κ3) is 5.95. The SMILES string of the molecule is CNCCN(c1cc(OC)cc(OC)c1)c1ccc2ncc(-c3cnn(CCS(C)=O)c3)nc2c1. The summed E-state index contributed by atoms with van der Waals surface area (Å²) in [5.74, 6) is 2.01. The molecule has 0 fully saturated rings. The molecule has 1 atom stereocenters. The van der Waals surface area contributed by atoms with Gasteiger partial charge < -0.3 is 19.7 Å². The number of nitrogens with one attached hydrogen (secondary N) is 1. The number of hydrogen-bond acceptors (Lipinski definition) is 8. The van der Waals surface area contributed by atoms with E-state index in [0.29, 0.717) is 12.3 Å². The summed E-state index contributed by atoms with van der Waals surface area (Å²) in [6, 6.07) is 11.9. The fraction of sp³-hybridized carbons (Fsp3) is 0.320. The summed E-state index contributed by atoms with van der Waals surface area (Å²) in [5, 5.41) is 7.59. The molecule has 0 radical (unpaired) electrons. The molecule has 184 valence electrons. The van der Waals surface area contributed by atoms with Gasteiger partial charge in [0.15, 0.2) is 0 Å². The Labute approximate surface area is 207 Å². The molecule has 9 nitrogen and oxygen atoms in total. The quantitative estimate of drug-likeness (QED) is 0.340. The maximum atomic E-state index is 11.4. The van der Waals surface area contributed by atoms with Crippen molar-refractivity contribution >= 4 is 33.2 Å². The molecule has 0 aliphatic heterocycles. The highest BCUT2D eigenvalue weighted by atomic mass is 32.2. The first-order chi connectivity index (χ1) is 17.0. The van der Waals surface area contributed by atoms with Gasteiger partial charge in [-0.25, -0.2) is 4.98 Å². The number of ether oxygens (including phenoxy) is 2. The van der Waals surface area contributed by atoms with Crippen molar-refractivity contribution in [1.82, 2.24) is 25.1 Å². The second kappa shape index (κ2) is 11.3. The molecule has 0 bridgehead atoms. The Hall–Kier alpha value is -3.50. The van der Waals surface area contributed by atoms with E-state index in [4.69, 9.17) is 14.5 Å². The van der Waals surface area contributed by atoms with Crippen LogP contribution < -0.4 is 19.7 Å². The lowest BCUT2D eigenvalue weighted by Gasteiger charge is -2.26. The molecule has 35 heavy (non-hydrogen) atoms. The summed E-state index contributed by atoms with van der Waals surface area (Å²) in [6.45, 7) is 2.11. The molecule has 2 aromatic carbocycles. The van der Waals surface area contributed by atoms with Gasteiger partial charge >= 0.3 is 0 Å². The van der Waals surface area contributed by atoms with Gasteiger partial charge in [0.2, 0.25) is 0 Å². The van der Waals surface area contributed by atoms with E-state index in [1.165, 1.54) is 0 Å². The van der Waals surface area contributed by atoms with Crippen LogP contribution in [0.4, 0.5) is 11.4 Å². The van der Waals surface area contributed by atoms with E-state index < -0.39 is 10.8 Å². The summed E-state index contributed by atoms with van der Waals surface area (Å²) in [5.41, 5.74) is 5.14. The molecule has 4 aromatic rings. The lowest BCUT2D eigenvalue weighted by atomic mass is 10.2. The molecular weight excluding hydrogens is 464 g/mol. The number of fused-ring (bicyclic) bond motifs is 1. The summed E-state index contributed by atoms with van der Waals surface area (Å²) in [7, 11) is 4.36. The van der Waals surface area contributed by atoms with E-state index in [1.54, 1.807) is 37.6 Å². The van der Waals surface area contributed by atoms with E-state index in [0.717, 1.165) is 58.3 Å². The summed E-state index contributed by atoms with van der Waals surface area (Å²) in [4.78, 5) is 11.7. The minimum Gasteiger partial charge on any atom is -0.497 e. The number of likely N-dealkylation sites (N-methyl/N-ethyl adjacent to an activating group) is 1. The lowest BCUT2D eigenvalue weighted by molar-refractivity contribution is 0.394. The molecule has 0 saturated heterocycles. The third-order valence-electron chi connectivity index (χ3n) is 5.61. The monoisotopic (exact) mass is 494 g/mol. The number of hydrogen-bond donors (Lipinski definition) is 1. The van der Waals surface area contributed by atoms with E-state index in [-0.39, 0.29) is 0 Å². The minimum absolute atomic E-state index is 0.561. The van der Waals surface area contributed by atoms with Crippen molar-refractivity contribution in [2.75, 3.05) is 51.3 Å². The van der Waals surface area contributed by atoms with Crippen LogP contribution in [0.25, 0.3) is 22.3 Å². The Morgan fingerprint density at radius 3 is 2.49 bits per heavy atom. The van der Waals surface area contributed by atoms with Crippen LogP contribution in [-0.4, -0.2) is 70.3 Å². The first-order valence-electron chi connectivity index (χ1n) is 11.3. The summed E-state index contributed by atoms with van der Waals surface area (Å²) in [6.07, 6.45) is 7.12. The van der Waals surface area contributed by atoms with Crippen LogP contribution in [0.2, 0.25) is 0 Å². The standard InChI is InChI=1S/C25H30N6O3S/c1-26-7-8-31(20-11-21(33-2)14-22(12-20)34-3)19-5-6-23-24(13-19)29-25(16-27-23)18-15-28-30(17-18)9-10-35(4)32/h5-6,11-17,26H,7-10H2,1-4H3. The second-order valence-corrected chi connectivity index (χ2v) is 9.58. The molecule has 4 rings (SSSR count). The van der Waals surface area contributed by atoms with Crippen LogP contribution in [0.5, 0.6) is 11.5 Å². The summed E-state index contributed by atoms with van der Waals surface area (Å²) >= 11 is 0. The van der Waals surface area contributed by atoms with Crippen LogP contribution in [0, 0.1) is 0 Å². The van der Waals surface area contributed by atoms with Crippen LogP contribution >= 0.6 is 0 Å². The van der Waals surface area contributed by atoms with Crippen molar-refractivity contribution < 1.29 is 13.7 Å². The van der Waals surface area contributed by atoms with Crippen molar-refractivity contribution in [2.24, 2.45) is 0 Å². The zero-order valence-corrected chi connectivity index (χ0v) is 21.2. The van der Waals surface area contributed by atoms with Crippen molar-refractivity contribution in [3.63, 3.8) is 0 Å². The van der Waals surface area contributed by atoms with E-state index >= 15 is 0 Å². The van der Waals surface area contributed by atoms with Gasteiger partial charge in [-0.15, -0.1) is 0 Å². The maximum Gasteiger partial charge on any atom is 0.124 e. The average molecular weight is 495 g/mol. The van der Waals surface area contributed by atoms with Gasteiger partial charge in [-0.05, 0) is 25.2 Å². The molecule has 0 spiro atoms. The molecule has 0 amide bonds. The van der Waals surface area contributed by atoms with Gasteiger partial charge in [-0.1, -0.05) is 0 Å². The predicted octanol–water partition coefficient (Wildman–Crippen LogP) is 3.25. The van der Waals surface area contributed by atoms with Crippen LogP contribution in [0.1, 0.15) is 0 Å². The highest BCUT2D eigenvalue weighted by Crippen LogP contribution is 2.34. The second-order valence-electron chi connectivity index (χ2n) is 8.02. The zero-order valence-electron chi connectivity index (χ0n) is 20.4. The molecular formula is C25H30N6O3S. The van der Waals surface area contributed by atoms with Crippen LogP contribution in [-0.2, 0) is 17.3 Å². The Morgan fingerprint density at radius 1 is 1.03 bits per heavy atom. The van der Waals surface area contributed by atoms with Gasteiger partial charge in [0.1, 0.15) is 11.5 Å². The molecule has 0 aliphatic rings. The Balaban J connectivity index is 1.70. The van der Waals surface area contributed by atoms with Gasteiger partial charge in [-0.3, -0.25) is 13.9 Å². The molecule has 0 aliphatic carbocycles. The maximum absolute atomic E-state index is 11.4. The number of benzene rings is 2. The first-order valence-corrected chi connectivity index (χ1v) is 13.0. The van der Waals surface area contributed by atoms with Gasteiger partial charge in [0.05, 0.1) is 49.9 Å². The number of anilines is 2. The number of methoxy groups -OCH3 is 2. The van der Waals surface area contributed by atoms with E-state index in [9.17, 15) is 4.21 Å². The highest BCUT2D eigenvalue weighted by Gasteiger charge is 2.14. The largest absolute Gasteiger partial charge is 0.497 e. The third-order valence-corrected chi connectivity index (χ3v) is 6.37. The minimum atomic E-state index is -0.864. The highest BCUT2D eigenvalue weighted by molar-refractivity contribution is 7.84. The smallest absolute Gasteiger partial charge is 0.124 e. The van der Waals surface area contributed by atoms with Gasteiger partial charge in [0, 0.05) is 77.2 Å². The first kappa shape index (κ1) is 24.6. The summed E-state index contributed by atoms with van der Waals surface area (Å²) < 4.78 is 24.2. The van der Waals surface area contributed by atoms with Gasteiger partial charge in [0.25, 0.3) is 0 Å². The average Bonchev–Trinajstić information content (AvgIpc) is 3.36. The molecule has 1 unspecified atom stereocenters. The molecule has 0 saturated carbocycles. The van der Waals surface area contributed by atoms with Crippen molar-refractivity contribution in [3.05, 3.63) is 55.0 Å². The molecule has 10 heteroatoms. The predicted molar refractivity (Wildman–Crippen MR) is 140 cm³/mol. The normalized spacial score (nSPS) is 12.0. The van der Waals surface area contributed by atoms with Crippen LogP contribution in [0.3, 0.4) is 0 Å². The molecule has 1 N–H and O–H groups in total. The van der Waals surface area contributed by atoms with Crippen molar-refractivity contribution in [2.45, 2.75) is 6.54 Å². The fourth-order valence-electron chi connectivity index (χ4n) is 3.73. The lowest BCUT2D eigenvalue weighted by Crippen LogP contribution is -2.26. The van der Waals surface area contributed by atoms with E-state index in [1.807, 2.05) is 49.6 Å². The zero-order chi connectivity index (χ0) is 24.8. The number of aromatic nitrogens is 4. The Morgan fingerprint density at radius 2 is 1.80 bits per heavy atom. The Kier molecular flexibility index (Phi) is 7.94. The molecule has 2 heterocycles. The Bertz CT molecular complexity index is 1300. The van der Waals surface area contributed by atoms with Crippen molar-refractivity contribution in [1.29, 1.82) is 0 Å². The van der Waals surface area contributed by atoms with Gasteiger partial charge in [-0.2, -0.15) is 5.10 Å².